The van der Waals surface area contributed by atoms with Gasteiger partial charge in [-0.3, -0.25) is 4.79 Å². The van der Waals surface area contributed by atoms with Crippen LogP contribution in [0.3, 0.4) is 0 Å². The number of unbranched alkanes of at least 4 members (excludes halogenated alkanes) is 7. The Morgan fingerprint density at radius 3 is 2.54 bits per heavy atom. The molecule has 1 saturated heterocycles. The number of aromatic nitrogens is 1. The van der Waals surface area contributed by atoms with E-state index in [9.17, 15) is 4.79 Å². The smallest absolute Gasteiger partial charge is 0.273 e. The summed E-state index contributed by atoms with van der Waals surface area (Å²) in [5.74, 6) is 0.955. The molecule has 0 radical (unpaired) electrons. The largest absolute Gasteiger partial charge is 0.448 e. The van der Waals surface area contributed by atoms with E-state index in [1.807, 2.05) is 0 Å². The molecule has 0 bridgehead atoms. The number of amides is 1. The predicted molar refractivity (Wildman–Crippen MR) is 96.3 cm³/mol. The standard InChI is InChI=1S/C19H33N3O2/c1-2-3-4-5-6-7-8-9-12-21-18(23)17-15-24-19(22-17)16-10-13-20-14-11-16/h15-16,20H,2-14H2,1H3,(H,21,23). The highest BCUT2D eigenvalue weighted by Crippen LogP contribution is 2.24. The molecule has 0 aromatic carbocycles. The van der Waals surface area contributed by atoms with E-state index >= 15 is 0 Å². The van der Waals surface area contributed by atoms with Gasteiger partial charge in [0.1, 0.15) is 6.26 Å². The van der Waals surface area contributed by atoms with Gasteiger partial charge in [0.05, 0.1) is 0 Å². The summed E-state index contributed by atoms with van der Waals surface area (Å²) in [6.07, 6.45) is 13.7. The molecule has 0 aliphatic carbocycles. The molecule has 0 atom stereocenters. The number of nitrogens with zero attached hydrogens (tertiary/aromatic N) is 1. The second-order valence-corrected chi connectivity index (χ2v) is 6.83. The lowest BCUT2D eigenvalue weighted by atomic mass is 9.98. The van der Waals surface area contributed by atoms with Gasteiger partial charge in [-0.15, -0.1) is 0 Å². The van der Waals surface area contributed by atoms with E-state index < -0.39 is 0 Å². The number of oxazole rings is 1. The molecule has 2 N–H and O–H groups in total. The average Bonchev–Trinajstić information content (AvgIpc) is 3.11. The second kappa shape index (κ2) is 11.2. The van der Waals surface area contributed by atoms with Gasteiger partial charge in [-0.05, 0) is 32.4 Å². The second-order valence-electron chi connectivity index (χ2n) is 6.83. The molecule has 0 spiro atoms. The SMILES string of the molecule is CCCCCCCCCCNC(=O)c1coc(C2CCNCC2)n1. The van der Waals surface area contributed by atoms with Gasteiger partial charge < -0.3 is 15.1 Å². The fourth-order valence-corrected chi connectivity index (χ4v) is 3.20. The Labute approximate surface area is 146 Å². The third kappa shape index (κ3) is 6.63. The maximum atomic E-state index is 12.1. The number of carbonyl (C=O) groups is 1. The van der Waals surface area contributed by atoms with Gasteiger partial charge in [-0.2, -0.15) is 0 Å². The van der Waals surface area contributed by atoms with Gasteiger partial charge in [0, 0.05) is 12.5 Å². The highest BCUT2D eigenvalue weighted by atomic mass is 16.3. The molecule has 1 fully saturated rings. The van der Waals surface area contributed by atoms with Crippen LogP contribution in [0.5, 0.6) is 0 Å². The molecule has 2 heterocycles. The first kappa shape index (κ1) is 19.0. The van der Waals surface area contributed by atoms with E-state index in [2.05, 4.69) is 22.5 Å². The van der Waals surface area contributed by atoms with Crippen LogP contribution in [0, 0.1) is 0 Å². The summed E-state index contributed by atoms with van der Waals surface area (Å²) < 4.78 is 5.52. The summed E-state index contributed by atoms with van der Waals surface area (Å²) in [6.45, 7) is 4.95. The lowest BCUT2D eigenvalue weighted by Crippen LogP contribution is -2.27. The Kier molecular flexibility index (Phi) is 8.88. The first-order valence-corrected chi connectivity index (χ1v) is 9.75. The summed E-state index contributed by atoms with van der Waals surface area (Å²) in [5, 5.41) is 6.28. The van der Waals surface area contributed by atoms with Crippen molar-refractivity contribution in [3.8, 4) is 0 Å². The molecule has 136 valence electrons. The monoisotopic (exact) mass is 335 g/mol. The number of nitrogens with one attached hydrogen (secondary N) is 2. The summed E-state index contributed by atoms with van der Waals surface area (Å²) in [4.78, 5) is 16.5. The Balaban J connectivity index is 1.57. The van der Waals surface area contributed by atoms with Crippen molar-refractivity contribution < 1.29 is 9.21 Å². The van der Waals surface area contributed by atoms with E-state index in [-0.39, 0.29) is 5.91 Å². The molecule has 1 aromatic rings. The molecule has 1 aliphatic rings. The minimum Gasteiger partial charge on any atom is -0.448 e. The molecule has 5 nitrogen and oxygen atoms in total. The lowest BCUT2D eigenvalue weighted by Gasteiger charge is -2.19. The number of hydrogen-bond acceptors (Lipinski definition) is 4. The molecule has 0 unspecified atom stereocenters. The van der Waals surface area contributed by atoms with Crippen LogP contribution in [-0.4, -0.2) is 30.5 Å². The molecular formula is C19H33N3O2. The molecule has 24 heavy (non-hydrogen) atoms. The van der Waals surface area contributed by atoms with Crippen LogP contribution in [0.4, 0.5) is 0 Å². The zero-order valence-electron chi connectivity index (χ0n) is 15.1. The van der Waals surface area contributed by atoms with Gasteiger partial charge in [0.25, 0.3) is 5.91 Å². The van der Waals surface area contributed by atoms with Crippen molar-refractivity contribution in [3.63, 3.8) is 0 Å². The van der Waals surface area contributed by atoms with Crippen LogP contribution in [-0.2, 0) is 0 Å². The van der Waals surface area contributed by atoms with Crippen molar-refractivity contribution in [3.05, 3.63) is 17.8 Å². The van der Waals surface area contributed by atoms with Crippen LogP contribution in [0.25, 0.3) is 0 Å². The molecule has 1 aromatic heterocycles. The molecule has 2 rings (SSSR count). The Hall–Kier alpha value is -1.36. The van der Waals surface area contributed by atoms with Crippen LogP contribution < -0.4 is 10.6 Å². The van der Waals surface area contributed by atoms with E-state index in [0.717, 1.165) is 38.9 Å². The first-order valence-electron chi connectivity index (χ1n) is 9.75. The van der Waals surface area contributed by atoms with E-state index in [1.54, 1.807) is 0 Å². The molecule has 1 aliphatic heterocycles. The van der Waals surface area contributed by atoms with Crippen molar-refractivity contribution in [2.24, 2.45) is 0 Å². The quantitative estimate of drug-likeness (QED) is 0.600. The van der Waals surface area contributed by atoms with Gasteiger partial charge >= 0.3 is 0 Å². The van der Waals surface area contributed by atoms with Crippen LogP contribution in [0.15, 0.2) is 10.7 Å². The Bertz CT molecular complexity index is 467. The zero-order valence-corrected chi connectivity index (χ0v) is 15.1. The molecule has 5 heteroatoms. The number of piperidine rings is 1. The van der Waals surface area contributed by atoms with Gasteiger partial charge in [0.15, 0.2) is 11.6 Å². The lowest BCUT2D eigenvalue weighted by molar-refractivity contribution is 0.0948. The predicted octanol–water partition coefficient (Wildman–Crippen LogP) is 4.01. The highest BCUT2D eigenvalue weighted by Gasteiger charge is 2.21. The van der Waals surface area contributed by atoms with Crippen molar-refractivity contribution in [1.82, 2.24) is 15.6 Å². The normalized spacial score (nSPS) is 15.5. The Morgan fingerprint density at radius 1 is 1.17 bits per heavy atom. The number of rotatable bonds is 11. The van der Waals surface area contributed by atoms with Gasteiger partial charge in [-0.25, -0.2) is 4.98 Å². The maximum Gasteiger partial charge on any atom is 0.273 e. The van der Waals surface area contributed by atoms with Crippen molar-refractivity contribution in [1.29, 1.82) is 0 Å². The van der Waals surface area contributed by atoms with E-state index in [0.29, 0.717) is 17.5 Å². The number of carbonyl (C=O) groups excluding carboxylic acids is 1. The summed E-state index contributed by atoms with van der Waals surface area (Å²) in [6, 6.07) is 0. The highest BCUT2D eigenvalue weighted by molar-refractivity contribution is 5.91. The first-order chi connectivity index (χ1) is 11.8. The summed E-state index contributed by atoms with van der Waals surface area (Å²) >= 11 is 0. The summed E-state index contributed by atoms with van der Waals surface area (Å²) in [7, 11) is 0. The minimum atomic E-state index is -0.109. The van der Waals surface area contributed by atoms with E-state index in [4.69, 9.17) is 4.42 Å². The third-order valence-corrected chi connectivity index (χ3v) is 4.76. The minimum absolute atomic E-state index is 0.109. The van der Waals surface area contributed by atoms with Crippen molar-refractivity contribution in [2.45, 2.75) is 77.0 Å². The topological polar surface area (TPSA) is 67.2 Å². The maximum absolute atomic E-state index is 12.1. The summed E-state index contributed by atoms with van der Waals surface area (Å²) in [5.41, 5.74) is 0.420. The van der Waals surface area contributed by atoms with Crippen LogP contribution in [0.2, 0.25) is 0 Å². The van der Waals surface area contributed by atoms with Crippen LogP contribution >= 0.6 is 0 Å². The van der Waals surface area contributed by atoms with Crippen molar-refractivity contribution in [2.75, 3.05) is 19.6 Å². The van der Waals surface area contributed by atoms with Crippen molar-refractivity contribution >= 4 is 5.91 Å². The van der Waals surface area contributed by atoms with Gasteiger partial charge in [-0.1, -0.05) is 51.9 Å². The molecular weight excluding hydrogens is 302 g/mol. The fraction of sp³-hybridized carbons (Fsp3) is 0.789. The molecule has 0 saturated carbocycles. The van der Waals surface area contributed by atoms with Crippen LogP contribution in [0.1, 0.15) is 93.4 Å². The van der Waals surface area contributed by atoms with Gasteiger partial charge in [0.2, 0.25) is 0 Å². The number of hydrogen-bond donors (Lipinski definition) is 2. The van der Waals surface area contributed by atoms with E-state index in [1.165, 1.54) is 51.2 Å². The Morgan fingerprint density at radius 2 is 1.83 bits per heavy atom. The molecule has 1 amide bonds. The zero-order chi connectivity index (χ0) is 17.0. The average molecular weight is 335 g/mol. The fourth-order valence-electron chi connectivity index (χ4n) is 3.20. The third-order valence-electron chi connectivity index (χ3n) is 4.76.